The average Bonchev–Trinajstić information content (AvgIpc) is 3.51. The molecule has 7 bridgehead atoms. The molecule has 0 aromatic heterocycles. The van der Waals surface area contributed by atoms with Crippen molar-refractivity contribution in [2.24, 2.45) is 34.5 Å². The third kappa shape index (κ3) is 5.21. The number of hydrogen-bond acceptors (Lipinski definition) is 15. The first kappa shape index (κ1) is 39.6. The summed E-state index contributed by atoms with van der Waals surface area (Å²) in [5.74, 6) is -5.98. The molecule has 5 aliphatic carbocycles. The second-order valence-corrected chi connectivity index (χ2v) is 16.1. The number of piperidine rings is 1. The molecule has 15 heteroatoms. The summed E-state index contributed by atoms with van der Waals surface area (Å²) >= 11 is 0. The number of methoxy groups -OCH3 is 4. The van der Waals surface area contributed by atoms with Gasteiger partial charge in [-0.1, -0.05) is 25.1 Å². The van der Waals surface area contributed by atoms with Gasteiger partial charge in [-0.05, 0) is 31.0 Å². The third-order valence-electron chi connectivity index (χ3n) is 14.0. The highest BCUT2D eigenvalue weighted by molar-refractivity contribution is 5.89. The molecule has 55 heavy (non-hydrogen) atoms. The van der Waals surface area contributed by atoms with E-state index in [0.717, 1.165) is 0 Å². The molecule has 5 saturated carbocycles. The van der Waals surface area contributed by atoms with Gasteiger partial charge in [0.25, 0.3) is 0 Å². The minimum absolute atomic E-state index is 0.0537. The number of likely N-dealkylation sites (tertiary alicyclic amines) is 1. The second kappa shape index (κ2) is 14.1. The van der Waals surface area contributed by atoms with Crippen molar-refractivity contribution in [3.63, 3.8) is 0 Å². The summed E-state index contributed by atoms with van der Waals surface area (Å²) in [6, 6.07) is 7.98. The number of esters is 5. The van der Waals surface area contributed by atoms with Gasteiger partial charge in [0.05, 0.1) is 24.4 Å². The fourth-order valence-corrected chi connectivity index (χ4v) is 13.4. The number of rotatable bonds is 12. The molecule has 1 heterocycles. The van der Waals surface area contributed by atoms with E-state index in [1.807, 2.05) is 6.92 Å². The van der Waals surface area contributed by atoms with E-state index in [9.17, 15) is 24.0 Å². The number of hydrogen-bond donors (Lipinski definition) is 0. The summed E-state index contributed by atoms with van der Waals surface area (Å²) in [6.07, 6.45) is -5.56. The molecule has 0 amide bonds. The van der Waals surface area contributed by atoms with Gasteiger partial charge in [-0.3, -0.25) is 24.1 Å². The van der Waals surface area contributed by atoms with Crippen molar-refractivity contribution in [2.45, 2.75) is 101 Å². The monoisotopic (exact) mass is 771 g/mol. The fraction of sp³-hybridized carbons (Fsp3) is 0.725. The normalized spacial score (nSPS) is 43.3. The topological polar surface area (TPSA) is 172 Å². The zero-order valence-corrected chi connectivity index (χ0v) is 32.9. The summed E-state index contributed by atoms with van der Waals surface area (Å²) in [4.78, 5) is 69.8. The Labute approximate surface area is 320 Å². The van der Waals surface area contributed by atoms with Gasteiger partial charge in [0, 0.05) is 104 Å². The van der Waals surface area contributed by atoms with Crippen LogP contribution < -0.4 is 0 Å². The van der Waals surface area contributed by atoms with Crippen molar-refractivity contribution in [2.75, 3.05) is 48.1 Å². The Morgan fingerprint density at radius 2 is 1.42 bits per heavy atom. The van der Waals surface area contributed by atoms with Crippen molar-refractivity contribution in [3.05, 3.63) is 35.9 Å². The summed E-state index contributed by atoms with van der Waals surface area (Å²) < 4.78 is 57.9. The van der Waals surface area contributed by atoms with Crippen LogP contribution >= 0.6 is 0 Å². The molecule has 1 aliphatic heterocycles. The Bertz CT molecular complexity index is 1710. The molecule has 6 aliphatic rings. The van der Waals surface area contributed by atoms with Crippen LogP contribution in [-0.2, 0) is 61.8 Å². The predicted molar refractivity (Wildman–Crippen MR) is 189 cm³/mol. The molecule has 6 fully saturated rings. The van der Waals surface area contributed by atoms with Crippen molar-refractivity contribution in [1.29, 1.82) is 0 Å². The molecule has 1 spiro atoms. The van der Waals surface area contributed by atoms with Crippen LogP contribution in [0.2, 0.25) is 0 Å². The van der Waals surface area contributed by atoms with Gasteiger partial charge >= 0.3 is 29.8 Å². The van der Waals surface area contributed by atoms with Crippen LogP contribution in [0, 0.1) is 34.5 Å². The van der Waals surface area contributed by atoms with E-state index in [1.54, 1.807) is 51.7 Å². The van der Waals surface area contributed by atoms with Crippen LogP contribution in [0.15, 0.2) is 30.3 Å². The summed E-state index contributed by atoms with van der Waals surface area (Å²) in [5.41, 5.74) is -5.03. The molecule has 0 N–H and O–H groups in total. The van der Waals surface area contributed by atoms with Gasteiger partial charge < -0.3 is 42.6 Å². The zero-order valence-electron chi connectivity index (χ0n) is 32.9. The van der Waals surface area contributed by atoms with Crippen molar-refractivity contribution < 1.29 is 66.6 Å². The van der Waals surface area contributed by atoms with E-state index >= 15 is 0 Å². The standard InChI is InChI=1S/C40H53NO14/c1-10-41-18-37(19-47-6)26(51-20(2)42)16-27(48-7)39-25-17-38(54-22(4)44)33(53-36(46)24-14-12-11-13-15-24)28(25)40(55-23(5)45,35(34(38)50-9)52-21(3)43)29(32(39)41)30(49-8)31(37)39/h11-15,25-35H,10,16-19H2,1-9H3/t25-,26+,27?,28+,29?,30?,31+,32?,33+,34-,35-,37-,38-,39?,40+/m0/s1. The molecule has 302 valence electrons. The van der Waals surface area contributed by atoms with Crippen molar-refractivity contribution in [3.8, 4) is 0 Å². The first-order valence-electron chi connectivity index (χ1n) is 19.0. The predicted octanol–water partition coefficient (Wildman–Crippen LogP) is 2.36. The summed E-state index contributed by atoms with van der Waals surface area (Å²) in [5, 5.41) is 0. The number of ether oxygens (including phenoxy) is 9. The Morgan fingerprint density at radius 3 is 1.96 bits per heavy atom. The maximum atomic E-state index is 14.2. The Hall–Kier alpha value is -3.63. The average molecular weight is 772 g/mol. The summed E-state index contributed by atoms with van der Waals surface area (Å²) in [7, 11) is 6.23. The van der Waals surface area contributed by atoms with Crippen LogP contribution in [0.3, 0.4) is 0 Å². The minimum atomic E-state index is -1.77. The number of carbonyl (C=O) groups excluding carboxylic acids is 5. The molecule has 5 unspecified atom stereocenters. The molecule has 15 atom stereocenters. The third-order valence-corrected chi connectivity index (χ3v) is 14.0. The van der Waals surface area contributed by atoms with E-state index in [1.165, 1.54) is 34.8 Å². The summed E-state index contributed by atoms with van der Waals surface area (Å²) in [6.45, 7) is 8.33. The van der Waals surface area contributed by atoms with E-state index in [0.29, 0.717) is 19.5 Å². The number of fused-ring (bicyclic) bond motifs is 2. The second-order valence-electron chi connectivity index (χ2n) is 16.1. The molecular weight excluding hydrogens is 718 g/mol. The maximum Gasteiger partial charge on any atom is 0.338 e. The van der Waals surface area contributed by atoms with Gasteiger partial charge in [-0.25, -0.2) is 4.79 Å². The Balaban J connectivity index is 1.60. The van der Waals surface area contributed by atoms with Gasteiger partial charge in [-0.15, -0.1) is 0 Å². The van der Waals surface area contributed by atoms with Crippen molar-refractivity contribution >= 4 is 29.8 Å². The lowest BCUT2D eigenvalue weighted by Crippen LogP contribution is -2.82. The molecule has 1 aromatic carbocycles. The number of benzene rings is 1. The fourth-order valence-electron chi connectivity index (χ4n) is 13.4. The molecule has 15 nitrogen and oxygen atoms in total. The SMILES string of the molecule is CCN1C[C@]2(COC)[C@H](OC(C)=O)CC(OC)C34C1C(C(OC)[C@@H]32)[C@]1(OC(C)=O)[C@H]2[C@@H](OC(=O)c3ccccc3)[C@@](OC(C)=O)(C[C@@H]24)[C@@H](OC)[C@@H]1OC(C)=O. The smallest absolute Gasteiger partial charge is 0.338 e. The highest BCUT2D eigenvalue weighted by atomic mass is 16.7. The molecule has 1 saturated heterocycles. The van der Waals surface area contributed by atoms with E-state index in [4.69, 9.17) is 42.6 Å². The molecule has 1 aromatic rings. The molecule has 0 radical (unpaired) electrons. The minimum Gasteiger partial charge on any atom is -0.462 e. The van der Waals surface area contributed by atoms with Gasteiger partial charge in [0.1, 0.15) is 12.2 Å². The highest BCUT2D eigenvalue weighted by Gasteiger charge is 2.93. The van der Waals surface area contributed by atoms with Crippen LogP contribution in [0.4, 0.5) is 0 Å². The van der Waals surface area contributed by atoms with Crippen LogP contribution in [0.1, 0.15) is 57.8 Å². The van der Waals surface area contributed by atoms with Crippen molar-refractivity contribution in [1.82, 2.24) is 4.90 Å². The van der Waals surface area contributed by atoms with E-state index < -0.39 is 118 Å². The number of nitrogens with zero attached hydrogens (tertiary/aromatic N) is 1. The first-order chi connectivity index (χ1) is 26.2. The molecular formula is C40H53NO14. The lowest BCUT2D eigenvalue weighted by Gasteiger charge is -2.70. The van der Waals surface area contributed by atoms with Crippen LogP contribution in [0.5, 0.6) is 0 Å². The Morgan fingerprint density at radius 1 is 0.745 bits per heavy atom. The van der Waals surface area contributed by atoms with Crippen LogP contribution in [-0.4, -0.2) is 137 Å². The first-order valence-corrected chi connectivity index (χ1v) is 19.0. The lowest BCUT2D eigenvalue weighted by molar-refractivity contribution is -0.325. The largest absolute Gasteiger partial charge is 0.462 e. The maximum absolute atomic E-state index is 14.2. The van der Waals surface area contributed by atoms with Crippen LogP contribution in [0.25, 0.3) is 0 Å². The van der Waals surface area contributed by atoms with E-state index in [2.05, 4.69) is 4.90 Å². The molecule has 7 rings (SSSR count). The Kier molecular flexibility index (Phi) is 10.1. The van der Waals surface area contributed by atoms with Gasteiger partial charge in [-0.2, -0.15) is 0 Å². The van der Waals surface area contributed by atoms with Gasteiger partial charge in [0.2, 0.25) is 0 Å². The van der Waals surface area contributed by atoms with Gasteiger partial charge in [0.15, 0.2) is 23.4 Å². The highest BCUT2D eigenvalue weighted by Crippen LogP contribution is 2.81. The zero-order chi connectivity index (χ0) is 39.8. The quantitative estimate of drug-likeness (QED) is 0.224. The lowest BCUT2D eigenvalue weighted by atomic mass is 9.42. The number of carbonyl (C=O) groups is 5. The van der Waals surface area contributed by atoms with E-state index in [-0.39, 0.29) is 18.6 Å².